The van der Waals surface area contributed by atoms with Gasteiger partial charge in [0.25, 0.3) is 0 Å². The van der Waals surface area contributed by atoms with Crippen LogP contribution in [-0.4, -0.2) is 12.2 Å². The third kappa shape index (κ3) is 2.24. The maximum Gasteiger partial charge on any atom is 0.220 e. The molecule has 1 unspecified atom stereocenters. The van der Waals surface area contributed by atoms with Crippen LogP contribution in [0.25, 0.3) is 0 Å². The van der Waals surface area contributed by atoms with Gasteiger partial charge in [-0.25, -0.2) is 8.78 Å². The first-order chi connectivity index (χ1) is 8.10. The average molecular weight is 238 g/mol. The minimum atomic E-state index is -0.939. The number of nitrogens with one attached hydrogen (secondary N) is 3. The van der Waals surface area contributed by atoms with E-state index in [1.54, 1.807) is 0 Å². The standard InChI is InChI=1S/C9H8F2N6/c10-6-1-4(2-7(11)5(6)3-12)14-9-15-8(13)16-17-9/h1-2,8,16H,13H2,(H2,14,15,17). The van der Waals surface area contributed by atoms with Gasteiger partial charge in [-0.2, -0.15) is 5.26 Å². The molecule has 8 heteroatoms. The van der Waals surface area contributed by atoms with E-state index in [0.29, 0.717) is 0 Å². The van der Waals surface area contributed by atoms with Crippen molar-refractivity contribution in [3.8, 4) is 6.07 Å². The second-order valence-electron chi connectivity index (χ2n) is 3.26. The fraction of sp³-hybridized carbons (Fsp3) is 0.111. The number of hydrogen-bond donors (Lipinski definition) is 4. The zero-order valence-electron chi connectivity index (χ0n) is 8.46. The second kappa shape index (κ2) is 4.23. The summed E-state index contributed by atoms with van der Waals surface area (Å²) < 4.78 is 26.5. The summed E-state index contributed by atoms with van der Waals surface area (Å²) in [6.07, 6.45) is -0.550. The maximum atomic E-state index is 13.3. The van der Waals surface area contributed by atoms with Crippen LogP contribution < -0.4 is 21.8 Å². The van der Waals surface area contributed by atoms with E-state index in [0.717, 1.165) is 12.1 Å². The molecular weight excluding hydrogens is 230 g/mol. The number of benzene rings is 1. The normalized spacial score (nSPS) is 17.8. The van der Waals surface area contributed by atoms with Crippen molar-refractivity contribution in [2.45, 2.75) is 6.29 Å². The summed E-state index contributed by atoms with van der Waals surface area (Å²) in [5, 5.41) is 17.5. The highest BCUT2D eigenvalue weighted by molar-refractivity contribution is 5.94. The van der Waals surface area contributed by atoms with Crippen LogP contribution in [0.3, 0.4) is 0 Å². The third-order valence-corrected chi connectivity index (χ3v) is 2.02. The molecule has 0 aliphatic carbocycles. The molecule has 1 aliphatic rings. The van der Waals surface area contributed by atoms with Gasteiger partial charge in [0.2, 0.25) is 5.96 Å². The number of guanidine groups is 1. The quantitative estimate of drug-likeness (QED) is 0.550. The zero-order chi connectivity index (χ0) is 12.4. The summed E-state index contributed by atoms with van der Waals surface area (Å²) in [6.45, 7) is 0. The summed E-state index contributed by atoms with van der Waals surface area (Å²) in [5.74, 6) is -1.64. The molecule has 0 aromatic heterocycles. The Labute approximate surface area is 95.1 Å². The number of hydrogen-bond acceptors (Lipinski definition) is 6. The van der Waals surface area contributed by atoms with E-state index < -0.39 is 23.5 Å². The molecular formula is C9H8F2N6. The minimum Gasteiger partial charge on any atom is -0.325 e. The summed E-state index contributed by atoms with van der Waals surface area (Å²) >= 11 is 0. The van der Waals surface area contributed by atoms with Crippen LogP contribution in [0, 0.1) is 23.0 Å². The Balaban J connectivity index is 2.21. The number of anilines is 1. The molecule has 0 amide bonds. The predicted octanol–water partition coefficient (Wildman–Crippen LogP) is -0.0455. The van der Waals surface area contributed by atoms with E-state index in [9.17, 15) is 8.78 Å². The molecule has 5 N–H and O–H groups in total. The fourth-order valence-corrected chi connectivity index (χ4v) is 1.30. The molecule has 1 aromatic carbocycles. The van der Waals surface area contributed by atoms with Crippen LogP contribution in [-0.2, 0) is 0 Å². The van der Waals surface area contributed by atoms with Gasteiger partial charge in [-0.1, -0.05) is 0 Å². The number of rotatable bonds is 1. The number of nitrogens with two attached hydrogens (primary N) is 1. The molecule has 0 spiro atoms. The van der Waals surface area contributed by atoms with Crippen LogP contribution in [0.15, 0.2) is 17.2 Å². The first-order valence-electron chi connectivity index (χ1n) is 4.61. The number of halogens is 2. The van der Waals surface area contributed by atoms with Crippen LogP contribution in [0.4, 0.5) is 14.5 Å². The highest BCUT2D eigenvalue weighted by atomic mass is 19.1. The van der Waals surface area contributed by atoms with E-state index >= 15 is 0 Å². The van der Waals surface area contributed by atoms with Crippen molar-refractivity contribution in [2.24, 2.45) is 10.8 Å². The highest BCUT2D eigenvalue weighted by Gasteiger charge is 2.15. The molecule has 6 nitrogen and oxygen atoms in total. The van der Waals surface area contributed by atoms with E-state index in [4.69, 9.17) is 11.0 Å². The molecule has 0 fully saturated rings. The zero-order valence-corrected chi connectivity index (χ0v) is 8.46. The summed E-state index contributed by atoms with van der Waals surface area (Å²) in [4.78, 5) is 0. The van der Waals surface area contributed by atoms with Crippen molar-refractivity contribution in [3.05, 3.63) is 29.3 Å². The maximum absolute atomic E-state index is 13.3. The fourth-order valence-electron chi connectivity index (χ4n) is 1.30. The van der Waals surface area contributed by atoms with Gasteiger partial charge < -0.3 is 10.6 Å². The molecule has 1 atom stereocenters. The van der Waals surface area contributed by atoms with Crippen molar-refractivity contribution >= 4 is 11.6 Å². The SMILES string of the molecule is N#Cc1c(F)cc(NC2=NNC(N)N2)cc1F. The Morgan fingerprint density at radius 3 is 2.53 bits per heavy atom. The van der Waals surface area contributed by atoms with Crippen molar-refractivity contribution in [1.29, 1.82) is 5.26 Å². The molecule has 0 bridgehead atoms. The van der Waals surface area contributed by atoms with Crippen molar-refractivity contribution in [2.75, 3.05) is 5.32 Å². The molecule has 17 heavy (non-hydrogen) atoms. The highest BCUT2D eigenvalue weighted by Crippen LogP contribution is 2.18. The van der Waals surface area contributed by atoms with Gasteiger partial charge in [0.05, 0.1) is 0 Å². The molecule has 0 saturated carbocycles. The van der Waals surface area contributed by atoms with Gasteiger partial charge in [-0.05, 0) is 12.1 Å². The molecule has 1 heterocycles. The second-order valence-corrected chi connectivity index (χ2v) is 3.26. The lowest BCUT2D eigenvalue weighted by Gasteiger charge is -2.08. The van der Waals surface area contributed by atoms with Gasteiger partial charge in [-0.15, -0.1) is 5.10 Å². The molecule has 88 valence electrons. The van der Waals surface area contributed by atoms with Crippen molar-refractivity contribution < 1.29 is 8.78 Å². The van der Waals surface area contributed by atoms with Gasteiger partial charge >= 0.3 is 0 Å². The Hall–Kier alpha value is -2.40. The lowest BCUT2D eigenvalue weighted by Crippen LogP contribution is -2.44. The van der Waals surface area contributed by atoms with Crippen LogP contribution in [0.1, 0.15) is 5.56 Å². The van der Waals surface area contributed by atoms with Crippen molar-refractivity contribution in [3.63, 3.8) is 0 Å². The Morgan fingerprint density at radius 1 is 1.41 bits per heavy atom. The third-order valence-electron chi connectivity index (χ3n) is 2.02. The summed E-state index contributed by atoms with van der Waals surface area (Å²) in [6, 6.07) is 3.43. The molecule has 0 radical (unpaired) electrons. The predicted molar refractivity (Wildman–Crippen MR) is 56.4 cm³/mol. The van der Waals surface area contributed by atoms with E-state index in [1.165, 1.54) is 6.07 Å². The largest absolute Gasteiger partial charge is 0.325 e. The first kappa shape index (κ1) is 11.1. The van der Waals surface area contributed by atoms with Gasteiger partial charge in [0, 0.05) is 5.69 Å². The van der Waals surface area contributed by atoms with Gasteiger partial charge in [0.1, 0.15) is 23.3 Å². The number of nitriles is 1. The Bertz CT molecular complexity index is 498. The summed E-state index contributed by atoms with van der Waals surface area (Å²) in [5.41, 5.74) is 7.42. The van der Waals surface area contributed by atoms with E-state index in [2.05, 4.69) is 21.2 Å². The monoisotopic (exact) mass is 238 g/mol. The van der Waals surface area contributed by atoms with E-state index in [-0.39, 0.29) is 11.6 Å². The van der Waals surface area contributed by atoms with Crippen molar-refractivity contribution in [1.82, 2.24) is 10.7 Å². The van der Waals surface area contributed by atoms with Gasteiger partial charge in [-0.3, -0.25) is 11.2 Å². The smallest absolute Gasteiger partial charge is 0.220 e. The van der Waals surface area contributed by atoms with Gasteiger partial charge in [0.15, 0.2) is 6.29 Å². The topological polar surface area (TPSA) is 98.3 Å². The first-order valence-corrected chi connectivity index (χ1v) is 4.61. The van der Waals surface area contributed by atoms with E-state index in [1.807, 2.05) is 0 Å². The summed E-state index contributed by atoms with van der Waals surface area (Å²) in [7, 11) is 0. The lowest BCUT2D eigenvalue weighted by atomic mass is 10.2. The lowest BCUT2D eigenvalue weighted by molar-refractivity contribution is 0.565. The Morgan fingerprint density at radius 2 is 2.06 bits per heavy atom. The molecule has 1 aromatic rings. The molecule has 1 aliphatic heterocycles. The molecule has 2 rings (SSSR count). The number of nitrogens with zero attached hydrogens (tertiary/aromatic N) is 2. The van der Waals surface area contributed by atoms with Crippen LogP contribution in [0.2, 0.25) is 0 Å². The molecule has 0 saturated heterocycles. The Kier molecular flexibility index (Phi) is 2.76. The van der Waals surface area contributed by atoms with Crippen LogP contribution >= 0.6 is 0 Å². The van der Waals surface area contributed by atoms with Crippen LogP contribution in [0.5, 0.6) is 0 Å². The minimum absolute atomic E-state index is 0.126. The number of hydrazone groups is 1. The average Bonchev–Trinajstić information content (AvgIpc) is 2.63.